The standard InChI is InChI=1S/C21H22FN5O2/c1-26-18-17(8-3-9-23-18)25-19(21(26)29)27-10-4-6-15(13-27)20(28)24-12-14-5-2-7-16(22)11-14/h2-3,5,7-9,11,15H,4,6,10,12-13H2,1H3,(H,24,28). The van der Waals surface area contributed by atoms with E-state index >= 15 is 0 Å². The Balaban J connectivity index is 1.50. The number of carbonyl (C=O) groups excluding carboxylic acids is 1. The van der Waals surface area contributed by atoms with E-state index < -0.39 is 0 Å². The molecule has 1 amide bonds. The number of hydrogen-bond acceptors (Lipinski definition) is 5. The summed E-state index contributed by atoms with van der Waals surface area (Å²) in [4.78, 5) is 36.1. The molecule has 3 heterocycles. The number of hydrogen-bond donors (Lipinski definition) is 1. The van der Waals surface area contributed by atoms with Gasteiger partial charge in [0.25, 0.3) is 5.56 Å². The van der Waals surface area contributed by atoms with Gasteiger partial charge in [-0.3, -0.25) is 14.2 Å². The smallest absolute Gasteiger partial charge is 0.294 e. The second-order valence-electron chi connectivity index (χ2n) is 7.28. The summed E-state index contributed by atoms with van der Waals surface area (Å²) in [6.45, 7) is 1.36. The van der Waals surface area contributed by atoms with Crippen molar-refractivity contribution in [3.8, 4) is 0 Å². The van der Waals surface area contributed by atoms with Gasteiger partial charge in [-0.1, -0.05) is 12.1 Å². The van der Waals surface area contributed by atoms with E-state index in [2.05, 4.69) is 15.3 Å². The molecule has 1 saturated heterocycles. The topological polar surface area (TPSA) is 80.1 Å². The summed E-state index contributed by atoms with van der Waals surface area (Å²) in [6.07, 6.45) is 3.15. The molecule has 1 fully saturated rings. The number of rotatable bonds is 4. The zero-order valence-electron chi connectivity index (χ0n) is 16.1. The van der Waals surface area contributed by atoms with Gasteiger partial charge < -0.3 is 10.2 Å². The molecule has 1 N–H and O–H groups in total. The summed E-state index contributed by atoms with van der Waals surface area (Å²) < 4.78 is 14.8. The largest absolute Gasteiger partial charge is 0.352 e. The number of nitrogens with one attached hydrogen (secondary N) is 1. The molecule has 0 saturated carbocycles. The van der Waals surface area contributed by atoms with Gasteiger partial charge in [-0.25, -0.2) is 14.4 Å². The summed E-state index contributed by atoms with van der Waals surface area (Å²) in [5.74, 6) is -0.337. The van der Waals surface area contributed by atoms with Gasteiger partial charge in [-0.05, 0) is 42.7 Å². The predicted molar refractivity (Wildman–Crippen MR) is 108 cm³/mol. The average molecular weight is 395 g/mol. The molecule has 4 rings (SSSR count). The molecule has 1 unspecified atom stereocenters. The molecule has 2 aromatic heterocycles. The number of anilines is 1. The van der Waals surface area contributed by atoms with Crippen molar-refractivity contribution in [2.75, 3.05) is 18.0 Å². The van der Waals surface area contributed by atoms with Crippen LogP contribution in [0.3, 0.4) is 0 Å². The van der Waals surface area contributed by atoms with E-state index in [9.17, 15) is 14.0 Å². The molecule has 1 atom stereocenters. The number of halogens is 1. The first-order chi connectivity index (χ1) is 14.0. The molecule has 8 heteroatoms. The number of aryl methyl sites for hydroxylation is 1. The maximum absolute atomic E-state index is 13.3. The van der Waals surface area contributed by atoms with Gasteiger partial charge in [0.2, 0.25) is 5.91 Å². The van der Waals surface area contributed by atoms with Crippen molar-refractivity contribution in [2.24, 2.45) is 13.0 Å². The molecular formula is C21H22FN5O2. The van der Waals surface area contributed by atoms with Crippen molar-refractivity contribution in [3.05, 3.63) is 64.3 Å². The highest BCUT2D eigenvalue weighted by Crippen LogP contribution is 2.21. The Bertz CT molecular complexity index is 1110. The molecule has 7 nitrogen and oxygen atoms in total. The van der Waals surface area contributed by atoms with E-state index in [4.69, 9.17) is 0 Å². The van der Waals surface area contributed by atoms with Crippen molar-refractivity contribution >= 4 is 22.9 Å². The normalized spacial score (nSPS) is 16.8. The van der Waals surface area contributed by atoms with Crippen molar-refractivity contribution in [2.45, 2.75) is 19.4 Å². The Morgan fingerprint density at radius 2 is 2.17 bits per heavy atom. The zero-order valence-corrected chi connectivity index (χ0v) is 16.1. The Labute approximate surface area is 167 Å². The van der Waals surface area contributed by atoms with Crippen LogP contribution >= 0.6 is 0 Å². The molecule has 3 aromatic rings. The molecule has 0 aliphatic carbocycles. The first-order valence-electron chi connectivity index (χ1n) is 9.62. The fourth-order valence-corrected chi connectivity index (χ4v) is 3.71. The van der Waals surface area contributed by atoms with Crippen LogP contribution in [0.25, 0.3) is 11.2 Å². The summed E-state index contributed by atoms with van der Waals surface area (Å²) in [6, 6.07) is 9.77. The predicted octanol–water partition coefficient (Wildman–Crippen LogP) is 2.00. The highest BCUT2D eigenvalue weighted by molar-refractivity contribution is 5.79. The molecular weight excluding hydrogens is 373 g/mol. The van der Waals surface area contributed by atoms with Gasteiger partial charge in [0.1, 0.15) is 11.3 Å². The summed E-state index contributed by atoms with van der Waals surface area (Å²) >= 11 is 0. The van der Waals surface area contributed by atoms with Crippen LogP contribution in [0.4, 0.5) is 10.2 Å². The number of amides is 1. The van der Waals surface area contributed by atoms with Gasteiger partial charge in [0.05, 0.1) is 5.92 Å². The fourth-order valence-electron chi connectivity index (χ4n) is 3.71. The van der Waals surface area contributed by atoms with Gasteiger partial charge in [-0.15, -0.1) is 0 Å². The van der Waals surface area contributed by atoms with Gasteiger partial charge in [-0.2, -0.15) is 0 Å². The number of nitrogens with zero attached hydrogens (tertiary/aromatic N) is 4. The highest BCUT2D eigenvalue weighted by atomic mass is 19.1. The van der Waals surface area contributed by atoms with Gasteiger partial charge >= 0.3 is 0 Å². The van der Waals surface area contributed by atoms with Crippen LogP contribution in [-0.4, -0.2) is 33.5 Å². The van der Waals surface area contributed by atoms with Crippen molar-refractivity contribution < 1.29 is 9.18 Å². The SMILES string of the molecule is Cn1c(=O)c(N2CCCC(C(=O)NCc3cccc(F)c3)C2)nc2cccnc21. The third-order valence-corrected chi connectivity index (χ3v) is 5.25. The number of fused-ring (bicyclic) bond motifs is 1. The monoisotopic (exact) mass is 395 g/mol. The second kappa shape index (κ2) is 7.98. The molecule has 1 aliphatic rings. The van der Waals surface area contributed by atoms with Crippen molar-refractivity contribution in [3.63, 3.8) is 0 Å². The zero-order chi connectivity index (χ0) is 20.4. The van der Waals surface area contributed by atoms with Crippen molar-refractivity contribution in [1.29, 1.82) is 0 Å². The van der Waals surface area contributed by atoms with E-state index in [1.165, 1.54) is 16.7 Å². The maximum atomic E-state index is 13.3. The number of piperidine rings is 1. The molecule has 29 heavy (non-hydrogen) atoms. The number of benzene rings is 1. The van der Waals surface area contributed by atoms with Gasteiger partial charge in [0, 0.05) is 32.9 Å². The molecule has 0 radical (unpaired) electrons. The van der Waals surface area contributed by atoms with Crippen LogP contribution < -0.4 is 15.8 Å². The lowest BCUT2D eigenvalue weighted by Crippen LogP contribution is -2.45. The van der Waals surface area contributed by atoms with Crippen LogP contribution in [-0.2, 0) is 18.4 Å². The summed E-state index contributed by atoms with van der Waals surface area (Å²) in [7, 11) is 1.68. The molecule has 1 aliphatic heterocycles. The first-order valence-corrected chi connectivity index (χ1v) is 9.62. The molecule has 1 aromatic carbocycles. The lowest BCUT2D eigenvalue weighted by molar-refractivity contribution is -0.125. The maximum Gasteiger partial charge on any atom is 0.294 e. The fraction of sp³-hybridized carbons (Fsp3) is 0.333. The van der Waals surface area contributed by atoms with E-state index in [1.807, 2.05) is 11.0 Å². The van der Waals surface area contributed by atoms with E-state index in [0.717, 1.165) is 12.8 Å². The quantitative estimate of drug-likeness (QED) is 0.731. The van der Waals surface area contributed by atoms with Gasteiger partial charge in [0.15, 0.2) is 11.5 Å². The van der Waals surface area contributed by atoms with E-state index in [-0.39, 0.29) is 29.7 Å². The summed E-state index contributed by atoms with van der Waals surface area (Å²) in [5.41, 5.74) is 1.66. The third-order valence-electron chi connectivity index (χ3n) is 5.25. The molecule has 0 spiro atoms. The second-order valence-corrected chi connectivity index (χ2v) is 7.28. The summed E-state index contributed by atoms with van der Waals surface area (Å²) in [5, 5.41) is 2.88. The minimum atomic E-state index is -0.326. The number of pyridine rings is 1. The third kappa shape index (κ3) is 3.96. The van der Waals surface area contributed by atoms with Crippen LogP contribution in [0.15, 0.2) is 47.4 Å². The van der Waals surface area contributed by atoms with Crippen LogP contribution in [0.1, 0.15) is 18.4 Å². The lowest BCUT2D eigenvalue weighted by atomic mass is 9.97. The minimum absolute atomic E-state index is 0.0989. The molecule has 150 valence electrons. The number of carbonyl (C=O) groups is 1. The highest BCUT2D eigenvalue weighted by Gasteiger charge is 2.28. The Morgan fingerprint density at radius 3 is 3.00 bits per heavy atom. The molecule has 0 bridgehead atoms. The average Bonchev–Trinajstić information content (AvgIpc) is 2.75. The minimum Gasteiger partial charge on any atom is -0.352 e. The Morgan fingerprint density at radius 1 is 1.31 bits per heavy atom. The first kappa shape index (κ1) is 19.0. The Hall–Kier alpha value is -3.29. The van der Waals surface area contributed by atoms with E-state index in [0.29, 0.717) is 35.6 Å². The van der Waals surface area contributed by atoms with Crippen LogP contribution in [0, 0.1) is 11.7 Å². The van der Waals surface area contributed by atoms with Crippen LogP contribution in [0.2, 0.25) is 0 Å². The lowest BCUT2D eigenvalue weighted by Gasteiger charge is -2.32. The van der Waals surface area contributed by atoms with E-state index in [1.54, 1.807) is 31.4 Å². The van der Waals surface area contributed by atoms with Crippen LogP contribution in [0.5, 0.6) is 0 Å². The Kier molecular flexibility index (Phi) is 5.24. The number of aromatic nitrogens is 3. The van der Waals surface area contributed by atoms with Crippen molar-refractivity contribution in [1.82, 2.24) is 19.9 Å².